The molecular formula is C14H8N2O8. The van der Waals surface area contributed by atoms with Crippen molar-refractivity contribution >= 4 is 23.3 Å². The molecule has 122 valence electrons. The highest BCUT2D eigenvalue weighted by molar-refractivity contribution is 5.92. The lowest BCUT2D eigenvalue weighted by molar-refractivity contribution is -0.385. The minimum atomic E-state index is -1.03. The summed E-state index contributed by atoms with van der Waals surface area (Å²) in [5.74, 6) is -2.06. The number of nitro benzene ring substituents is 2. The topological polar surface area (TPSA) is 139 Å². The fourth-order valence-corrected chi connectivity index (χ4v) is 1.61. The molecule has 0 aliphatic rings. The molecule has 2 rings (SSSR count). The molecular weight excluding hydrogens is 324 g/mol. The predicted octanol–water partition coefficient (Wildman–Crippen LogP) is 2.43. The molecule has 0 atom stereocenters. The zero-order valence-electron chi connectivity index (χ0n) is 11.8. The van der Waals surface area contributed by atoms with Crippen molar-refractivity contribution in [1.82, 2.24) is 0 Å². The lowest BCUT2D eigenvalue weighted by Gasteiger charge is -2.03. The Labute approximate surface area is 133 Å². The SMILES string of the molecule is O=C(OOC(=O)c1ccc([N+](=O)[O-])cc1)c1ccc([N+](=O)[O-])cc1. The number of non-ortho nitro benzene ring substituents is 2. The van der Waals surface area contributed by atoms with E-state index in [9.17, 15) is 29.8 Å². The zero-order valence-corrected chi connectivity index (χ0v) is 11.8. The summed E-state index contributed by atoms with van der Waals surface area (Å²) < 4.78 is 0. The second-order valence-corrected chi connectivity index (χ2v) is 4.35. The first-order valence-electron chi connectivity index (χ1n) is 6.30. The van der Waals surface area contributed by atoms with Crippen LogP contribution in [0.3, 0.4) is 0 Å². The molecule has 0 heterocycles. The van der Waals surface area contributed by atoms with Gasteiger partial charge in [0, 0.05) is 24.3 Å². The van der Waals surface area contributed by atoms with Gasteiger partial charge in [-0.05, 0) is 24.3 Å². The molecule has 0 aliphatic carbocycles. The van der Waals surface area contributed by atoms with Gasteiger partial charge in [0.25, 0.3) is 11.4 Å². The number of nitrogens with zero attached hydrogens (tertiary/aromatic N) is 2. The fourth-order valence-electron chi connectivity index (χ4n) is 1.61. The number of hydrogen-bond donors (Lipinski definition) is 0. The maximum absolute atomic E-state index is 11.6. The standard InChI is InChI=1S/C14H8N2O8/c17-13(9-1-5-11(6-2-9)15(19)20)23-24-14(18)10-3-7-12(8-4-10)16(21)22/h1-8H. The molecule has 2 aromatic carbocycles. The van der Waals surface area contributed by atoms with Gasteiger partial charge >= 0.3 is 11.9 Å². The Bertz CT molecular complexity index is 729. The van der Waals surface area contributed by atoms with Crippen molar-refractivity contribution in [3.05, 3.63) is 79.9 Å². The van der Waals surface area contributed by atoms with E-state index in [2.05, 4.69) is 9.78 Å². The fraction of sp³-hybridized carbons (Fsp3) is 0. The van der Waals surface area contributed by atoms with E-state index in [1.807, 2.05) is 0 Å². The molecule has 0 saturated heterocycles. The molecule has 0 radical (unpaired) electrons. The molecule has 24 heavy (non-hydrogen) atoms. The Morgan fingerprint density at radius 2 is 0.958 bits per heavy atom. The maximum Gasteiger partial charge on any atom is 0.386 e. The lowest BCUT2D eigenvalue weighted by atomic mass is 10.2. The van der Waals surface area contributed by atoms with Crippen LogP contribution in [0.25, 0.3) is 0 Å². The maximum atomic E-state index is 11.6. The second-order valence-electron chi connectivity index (χ2n) is 4.35. The van der Waals surface area contributed by atoms with Crippen LogP contribution in [-0.4, -0.2) is 21.8 Å². The van der Waals surface area contributed by atoms with Gasteiger partial charge in [0.15, 0.2) is 0 Å². The van der Waals surface area contributed by atoms with E-state index >= 15 is 0 Å². The summed E-state index contributed by atoms with van der Waals surface area (Å²) in [7, 11) is 0. The number of carbonyl (C=O) groups is 2. The van der Waals surface area contributed by atoms with Crippen molar-refractivity contribution in [2.24, 2.45) is 0 Å². The van der Waals surface area contributed by atoms with E-state index < -0.39 is 21.8 Å². The molecule has 0 spiro atoms. The molecule has 0 N–H and O–H groups in total. The van der Waals surface area contributed by atoms with Crippen LogP contribution in [0.2, 0.25) is 0 Å². The van der Waals surface area contributed by atoms with Crippen molar-refractivity contribution in [1.29, 1.82) is 0 Å². The van der Waals surface area contributed by atoms with Crippen LogP contribution in [0, 0.1) is 20.2 Å². The van der Waals surface area contributed by atoms with Crippen molar-refractivity contribution < 1.29 is 29.2 Å². The highest BCUT2D eigenvalue weighted by Gasteiger charge is 2.16. The number of carbonyl (C=O) groups excluding carboxylic acids is 2. The third-order valence-corrected chi connectivity index (χ3v) is 2.82. The first kappa shape index (κ1) is 16.5. The smallest absolute Gasteiger partial charge is 0.258 e. The summed E-state index contributed by atoms with van der Waals surface area (Å²) in [6.45, 7) is 0. The van der Waals surface area contributed by atoms with E-state index in [0.717, 1.165) is 48.5 Å². The van der Waals surface area contributed by atoms with Crippen LogP contribution in [-0.2, 0) is 9.78 Å². The third-order valence-electron chi connectivity index (χ3n) is 2.82. The summed E-state index contributed by atoms with van der Waals surface area (Å²) in [5.41, 5.74) is -0.543. The average Bonchev–Trinajstić information content (AvgIpc) is 2.59. The molecule has 0 unspecified atom stereocenters. The second kappa shape index (κ2) is 6.96. The normalized spacial score (nSPS) is 9.83. The predicted molar refractivity (Wildman–Crippen MR) is 77.0 cm³/mol. The molecule has 10 nitrogen and oxygen atoms in total. The first-order chi connectivity index (χ1) is 11.4. The van der Waals surface area contributed by atoms with E-state index in [-0.39, 0.29) is 22.5 Å². The minimum absolute atomic E-state index is 0.0582. The van der Waals surface area contributed by atoms with Crippen LogP contribution in [0.4, 0.5) is 11.4 Å². The first-order valence-corrected chi connectivity index (χ1v) is 6.30. The number of rotatable bonds is 4. The lowest BCUT2D eigenvalue weighted by Crippen LogP contribution is -2.11. The van der Waals surface area contributed by atoms with Gasteiger partial charge in [-0.15, -0.1) is 0 Å². The van der Waals surface area contributed by atoms with Crippen LogP contribution < -0.4 is 0 Å². The highest BCUT2D eigenvalue weighted by atomic mass is 17.2. The van der Waals surface area contributed by atoms with Gasteiger partial charge in [-0.3, -0.25) is 20.2 Å². The van der Waals surface area contributed by atoms with Gasteiger partial charge in [-0.25, -0.2) is 19.4 Å². The largest absolute Gasteiger partial charge is 0.386 e. The van der Waals surface area contributed by atoms with E-state index in [4.69, 9.17) is 0 Å². The van der Waals surface area contributed by atoms with Gasteiger partial charge < -0.3 is 0 Å². The van der Waals surface area contributed by atoms with Crippen LogP contribution in [0.15, 0.2) is 48.5 Å². The Hall–Kier alpha value is -3.82. The van der Waals surface area contributed by atoms with Crippen molar-refractivity contribution in [3.8, 4) is 0 Å². The molecule has 0 amide bonds. The van der Waals surface area contributed by atoms with Gasteiger partial charge in [0.1, 0.15) is 0 Å². The van der Waals surface area contributed by atoms with E-state index in [1.165, 1.54) is 0 Å². The Morgan fingerprint density at radius 3 is 1.21 bits per heavy atom. The molecule has 0 saturated carbocycles. The summed E-state index contributed by atoms with van der Waals surface area (Å²) in [5, 5.41) is 21.0. The number of hydrogen-bond acceptors (Lipinski definition) is 8. The van der Waals surface area contributed by atoms with Gasteiger partial charge in [-0.1, -0.05) is 0 Å². The zero-order chi connectivity index (χ0) is 17.7. The van der Waals surface area contributed by atoms with Crippen molar-refractivity contribution in [2.45, 2.75) is 0 Å². The number of benzene rings is 2. The van der Waals surface area contributed by atoms with E-state index in [1.54, 1.807) is 0 Å². The number of nitro groups is 2. The Kier molecular flexibility index (Phi) is 4.80. The van der Waals surface area contributed by atoms with Crippen molar-refractivity contribution in [3.63, 3.8) is 0 Å². The third kappa shape index (κ3) is 3.88. The quantitative estimate of drug-likeness (QED) is 0.472. The summed E-state index contributed by atoms with van der Waals surface area (Å²) in [6.07, 6.45) is 0. The molecule has 0 fully saturated rings. The van der Waals surface area contributed by atoms with Gasteiger partial charge in [0.2, 0.25) is 0 Å². The van der Waals surface area contributed by atoms with E-state index in [0.29, 0.717) is 0 Å². The summed E-state index contributed by atoms with van der Waals surface area (Å²) in [4.78, 5) is 51.7. The van der Waals surface area contributed by atoms with Gasteiger partial charge in [0.05, 0.1) is 21.0 Å². The molecule has 10 heteroatoms. The van der Waals surface area contributed by atoms with Crippen LogP contribution >= 0.6 is 0 Å². The Balaban J connectivity index is 1.96. The average molecular weight is 332 g/mol. The highest BCUT2D eigenvalue weighted by Crippen LogP contribution is 2.14. The van der Waals surface area contributed by atoms with Crippen molar-refractivity contribution in [2.75, 3.05) is 0 Å². The van der Waals surface area contributed by atoms with Crippen LogP contribution in [0.5, 0.6) is 0 Å². The summed E-state index contributed by atoms with van der Waals surface area (Å²) >= 11 is 0. The molecule has 0 aliphatic heterocycles. The monoisotopic (exact) mass is 332 g/mol. The molecule has 0 aromatic heterocycles. The van der Waals surface area contributed by atoms with Gasteiger partial charge in [-0.2, -0.15) is 0 Å². The minimum Gasteiger partial charge on any atom is -0.258 e. The molecule has 2 aromatic rings. The Morgan fingerprint density at radius 1 is 0.667 bits per heavy atom. The molecule has 0 bridgehead atoms. The van der Waals surface area contributed by atoms with Crippen LogP contribution in [0.1, 0.15) is 20.7 Å². The summed E-state index contributed by atoms with van der Waals surface area (Å²) in [6, 6.07) is 8.92.